The number of aryl methyl sites for hydroxylation is 1. The number of amides is 1. The number of nitrogens with zero attached hydrogens (tertiary/aromatic N) is 2. The predicted octanol–water partition coefficient (Wildman–Crippen LogP) is 3.75. The second kappa shape index (κ2) is 7.67. The molecule has 1 aromatic carbocycles. The molecule has 0 N–H and O–H groups in total. The van der Waals surface area contributed by atoms with E-state index in [4.69, 9.17) is 4.84 Å². The molecular formula is C22H34N2O4S. The van der Waals surface area contributed by atoms with E-state index in [2.05, 4.69) is 32.8 Å². The van der Waals surface area contributed by atoms with E-state index in [0.717, 1.165) is 29.1 Å². The normalized spacial score (nSPS) is 27.4. The van der Waals surface area contributed by atoms with E-state index in [9.17, 15) is 13.2 Å². The number of hydrogen-bond acceptors (Lipinski definition) is 5. The fourth-order valence-corrected chi connectivity index (χ4v) is 6.16. The average Bonchev–Trinajstić information content (AvgIpc) is 2.90. The molecule has 0 radical (unpaired) electrons. The van der Waals surface area contributed by atoms with Gasteiger partial charge in [0.2, 0.25) is 5.91 Å². The van der Waals surface area contributed by atoms with Crippen molar-refractivity contribution in [1.29, 1.82) is 0 Å². The minimum absolute atomic E-state index is 0.0960. The highest BCUT2D eigenvalue weighted by Crippen LogP contribution is 2.39. The molecule has 2 unspecified atom stereocenters. The third kappa shape index (κ3) is 4.23. The van der Waals surface area contributed by atoms with Crippen LogP contribution in [0.5, 0.6) is 0 Å². The van der Waals surface area contributed by atoms with Crippen LogP contribution in [0.2, 0.25) is 0 Å². The highest BCUT2D eigenvalue weighted by molar-refractivity contribution is 7.89. The number of hydroxylamine groups is 2. The molecule has 3 rings (SSSR count). The quantitative estimate of drug-likeness (QED) is 0.723. The van der Waals surface area contributed by atoms with Gasteiger partial charge in [0, 0.05) is 29.5 Å². The average molecular weight is 423 g/mol. The molecule has 2 aliphatic heterocycles. The monoisotopic (exact) mass is 422 g/mol. The number of carbonyl (C=O) groups is 1. The first-order chi connectivity index (χ1) is 13.4. The maximum atomic E-state index is 13.0. The van der Waals surface area contributed by atoms with Gasteiger partial charge in [-0.25, -0.2) is 12.7 Å². The molecule has 0 aliphatic carbocycles. The zero-order valence-electron chi connectivity index (χ0n) is 18.4. The molecule has 0 saturated carbocycles. The summed E-state index contributed by atoms with van der Waals surface area (Å²) < 4.78 is 27.1. The number of benzene rings is 1. The molecular weight excluding hydrogens is 388 g/mol. The molecule has 29 heavy (non-hydrogen) atoms. The summed E-state index contributed by atoms with van der Waals surface area (Å²) in [5.74, 6) is -0.918. The minimum Gasteiger partial charge on any atom is -0.298 e. The van der Waals surface area contributed by atoms with Gasteiger partial charge in [-0.3, -0.25) is 9.63 Å². The third-order valence-corrected chi connectivity index (χ3v) is 8.22. The summed E-state index contributed by atoms with van der Waals surface area (Å²) in [7, 11) is -3.84. The zero-order valence-corrected chi connectivity index (χ0v) is 19.3. The smallest absolute Gasteiger partial charge is 0.266 e. The fraction of sp³-hybridized carbons (Fsp3) is 0.682. The third-order valence-electron chi connectivity index (χ3n) is 6.45. The van der Waals surface area contributed by atoms with Crippen molar-refractivity contribution in [2.24, 2.45) is 11.8 Å². The number of carbonyl (C=O) groups excluding carboxylic acids is 1. The Morgan fingerprint density at radius 2 is 1.62 bits per heavy atom. The zero-order chi connectivity index (χ0) is 21.6. The summed E-state index contributed by atoms with van der Waals surface area (Å²) in [6, 6.07) is 6.62. The summed E-state index contributed by atoms with van der Waals surface area (Å²) in [6.07, 6.45) is 3.24. The molecule has 1 amide bonds. The SMILES string of the molecule is Cc1ccc(S(=O)(=O)N2CC(CON3C(C)(C)CCCC3(C)C)C(C)C2=O)cc1. The predicted molar refractivity (Wildman–Crippen MR) is 113 cm³/mol. The van der Waals surface area contributed by atoms with E-state index in [1.54, 1.807) is 31.2 Å². The van der Waals surface area contributed by atoms with Gasteiger partial charge in [-0.1, -0.05) is 24.6 Å². The highest BCUT2D eigenvalue weighted by atomic mass is 32.2. The summed E-state index contributed by atoms with van der Waals surface area (Å²) in [5.41, 5.74) is 0.783. The van der Waals surface area contributed by atoms with Crippen molar-refractivity contribution < 1.29 is 18.0 Å². The van der Waals surface area contributed by atoms with Crippen molar-refractivity contribution in [2.75, 3.05) is 13.2 Å². The van der Waals surface area contributed by atoms with Crippen LogP contribution in [0, 0.1) is 18.8 Å². The molecule has 0 bridgehead atoms. The van der Waals surface area contributed by atoms with Gasteiger partial charge < -0.3 is 0 Å². The van der Waals surface area contributed by atoms with Crippen molar-refractivity contribution in [1.82, 2.24) is 9.37 Å². The Labute approximate surface area is 175 Å². The summed E-state index contributed by atoms with van der Waals surface area (Å²) in [4.78, 5) is 19.2. The number of sulfonamides is 1. The molecule has 2 heterocycles. The molecule has 0 spiro atoms. The molecule has 2 fully saturated rings. The second-order valence-corrected chi connectivity index (χ2v) is 11.7. The van der Waals surface area contributed by atoms with E-state index in [0.29, 0.717) is 6.61 Å². The Morgan fingerprint density at radius 1 is 1.07 bits per heavy atom. The largest absolute Gasteiger partial charge is 0.298 e. The molecule has 6 nitrogen and oxygen atoms in total. The molecule has 2 atom stereocenters. The van der Waals surface area contributed by atoms with Crippen LogP contribution in [0.3, 0.4) is 0 Å². The van der Waals surface area contributed by atoms with Crippen molar-refractivity contribution >= 4 is 15.9 Å². The van der Waals surface area contributed by atoms with Crippen molar-refractivity contribution in [2.45, 2.75) is 76.8 Å². The molecule has 2 aliphatic rings. The Balaban J connectivity index is 1.74. The molecule has 0 aromatic heterocycles. The topological polar surface area (TPSA) is 66.9 Å². The first-order valence-corrected chi connectivity index (χ1v) is 11.9. The van der Waals surface area contributed by atoms with Gasteiger partial charge in [0.25, 0.3) is 10.0 Å². The van der Waals surface area contributed by atoms with Gasteiger partial charge in [-0.2, -0.15) is 5.06 Å². The Kier molecular flexibility index (Phi) is 5.89. The molecule has 1 aromatic rings. The van der Waals surface area contributed by atoms with Crippen molar-refractivity contribution in [3.63, 3.8) is 0 Å². The lowest BCUT2D eigenvalue weighted by Gasteiger charge is -2.51. The van der Waals surface area contributed by atoms with Gasteiger partial charge in [-0.15, -0.1) is 0 Å². The van der Waals surface area contributed by atoms with E-state index in [1.807, 2.05) is 6.92 Å². The van der Waals surface area contributed by atoms with Gasteiger partial charge in [0.15, 0.2) is 0 Å². The number of piperidine rings is 1. The Hall–Kier alpha value is -1.44. The maximum Gasteiger partial charge on any atom is 0.266 e. The second-order valence-electron chi connectivity index (χ2n) is 9.80. The van der Waals surface area contributed by atoms with Gasteiger partial charge in [-0.05, 0) is 66.0 Å². The summed E-state index contributed by atoms with van der Waals surface area (Å²) in [5, 5.41) is 2.07. The lowest BCUT2D eigenvalue weighted by Crippen LogP contribution is -2.58. The molecule has 2 saturated heterocycles. The maximum absolute atomic E-state index is 13.0. The van der Waals surface area contributed by atoms with Crippen LogP contribution in [0.1, 0.15) is 59.4 Å². The standard InChI is InChI=1S/C22H34N2O4S/c1-16-8-10-19(11-9-16)29(26,27)23-14-18(17(2)20(23)25)15-28-24-21(3,4)12-7-13-22(24,5)6/h8-11,17-18H,7,12-15H2,1-6H3. The van der Waals surface area contributed by atoms with Gasteiger partial charge in [0.1, 0.15) is 0 Å². The van der Waals surface area contributed by atoms with Crippen LogP contribution in [0.4, 0.5) is 0 Å². The highest BCUT2D eigenvalue weighted by Gasteiger charge is 2.46. The molecule has 7 heteroatoms. The van der Waals surface area contributed by atoms with Crippen molar-refractivity contribution in [3.05, 3.63) is 29.8 Å². The van der Waals surface area contributed by atoms with Gasteiger partial charge in [0.05, 0.1) is 11.5 Å². The number of rotatable bonds is 5. The van der Waals surface area contributed by atoms with E-state index >= 15 is 0 Å². The lowest BCUT2D eigenvalue weighted by molar-refractivity contribution is -0.286. The van der Waals surface area contributed by atoms with Crippen LogP contribution >= 0.6 is 0 Å². The first-order valence-electron chi connectivity index (χ1n) is 10.4. The minimum atomic E-state index is -3.84. The van der Waals surface area contributed by atoms with Crippen LogP contribution in [0.25, 0.3) is 0 Å². The van der Waals surface area contributed by atoms with Crippen LogP contribution in [-0.4, -0.2) is 47.9 Å². The van der Waals surface area contributed by atoms with E-state index < -0.39 is 15.9 Å². The van der Waals surface area contributed by atoms with E-state index in [1.165, 1.54) is 0 Å². The number of hydrogen-bond donors (Lipinski definition) is 0. The van der Waals surface area contributed by atoms with Gasteiger partial charge >= 0.3 is 0 Å². The van der Waals surface area contributed by atoms with Crippen LogP contribution < -0.4 is 0 Å². The molecule has 162 valence electrons. The first kappa shape index (κ1) is 22.2. The van der Waals surface area contributed by atoms with E-state index in [-0.39, 0.29) is 34.3 Å². The van der Waals surface area contributed by atoms with Crippen molar-refractivity contribution in [3.8, 4) is 0 Å². The summed E-state index contributed by atoms with van der Waals surface area (Å²) >= 11 is 0. The Bertz CT molecular complexity index is 845. The van der Waals surface area contributed by atoms with Crippen LogP contribution in [-0.2, 0) is 19.7 Å². The lowest BCUT2D eigenvalue weighted by atomic mass is 9.82. The summed E-state index contributed by atoms with van der Waals surface area (Å²) in [6.45, 7) is 12.9. The van der Waals surface area contributed by atoms with Crippen LogP contribution in [0.15, 0.2) is 29.2 Å². The Morgan fingerprint density at radius 3 is 2.17 bits per heavy atom. The fourth-order valence-electron chi connectivity index (χ4n) is 4.64.